The Balaban J connectivity index is 2.13. The predicted molar refractivity (Wildman–Crippen MR) is 83.0 cm³/mol. The standard InChI is InChI=1S/C16H21N3O2/c1-11(2)16-18-14(17-3)9-15(19-16)21-10-12-6-5-7-13(8-12)20-4/h5-9,11H,10H2,1-4H3,(H,17,18,19). The summed E-state index contributed by atoms with van der Waals surface area (Å²) in [4.78, 5) is 8.85. The molecule has 0 spiro atoms. The van der Waals surface area contributed by atoms with E-state index >= 15 is 0 Å². The molecular formula is C16H21N3O2. The van der Waals surface area contributed by atoms with E-state index in [1.54, 1.807) is 13.2 Å². The van der Waals surface area contributed by atoms with Crippen molar-refractivity contribution >= 4 is 5.82 Å². The van der Waals surface area contributed by atoms with Crippen LogP contribution in [0.5, 0.6) is 11.6 Å². The van der Waals surface area contributed by atoms with Crippen molar-refractivity contribution in [3.05, 3.63) is 41.7 Å². The molecule has 1 N–H and O–H groups in total. The molecule has 1 aromatic heterocycles. The van der Waals surface area contributed by atoms with E-state index in [0.29, 0.717) is 12.5 Å². The van der Waals surface area contributed by atoms with Crippen LogP contribution in [0.15, 0.2) is 30.3 Å². The summed E-state index contributed by atoms with van der Waals surface area (Å²) in [5.41, 5.74) is 1.03. The highest BCUT2D eigenvalue weighted by molar-refractivity contribution is 5.38. The molecule has 0 fully saturated rings. The number of aromatic nitrogens is 2. The number of hydrogen-bond acceptors (Lipinski definition) is 5. The van der Waals surface area contributed by atoms with E-state index in [1.165, 1.54) is 0 Å². The molecule has 2 aromatic rings. The lowest BCUT2D eigenvalue weighted by Gasteiger charge is -2.11. The summed E-state index contributed by atoms with van der Waals surface area (Å²) < 4.78 is 11.0. The van der Waals surface area contributed by atoms with Gasteiger partial charge in [-0.3, -0.25) is 0 Å². The minimum Gasteiger partial charge on any atom is -0.497 e. The number of hydrogen-bond donors (Lipinski definition) is 1. The summed E-state index contributed by atoms with van der Waals surface area (Å²) in [6.45, 7) is 4.55. The number of rotatable bonds is 6. The average molecular weight is 287 g/mol. The van der Waals surface area contributed by atoms with Crippen molar-refractivity contribution < 1.29 is 9.47 Å². The molecule has 112 valence electrons. The van der Waals surface area contributed by atoms with E-state index in [-0.39, 0.29) is 5.92 Å². The quantitative estimate of drug-likeness (QED) is 0.884. The Labute approximate surface area is 125 Å². The van der Waals surface area contributed by atoms with Crippen LogP contribution in [0.2, 0.25) is 0 Å². The maximum absolute atomic E-state index is 5.78. The van der Waals surface area contributed by atoms with Crippen LogP contribution in [0, 0.1) is 0 Å². The molecule has 0 aliphatic carbocycles. The van der Waals surface area contributed by atoms with Crippen LogP contribution in [-0.4, -0.2) is 24.1 Å². The van der Waals surface area contributed by atoms with E-state index < -0.39 is 0 Å². The van der Waals surface area contributed by atoms with Gasteiger partial charge in [-0.25, -0.2) is 4.98 Å². The van der Waals surface area contributed by atoms with E-state index in [4.69, 9.17) is 9.47 Å². The van der Waals surface area contributed by atoms with Crippen LogP contribution < -0.4 is 14.8 Å². The zero-order chi connectivity index (χ0) is 15.2. The molecule has 0 aliphatic heterocycles. The molecular weight excluding hydrogens is 266 g/mol. The lowest BCUT2D eigenvalue weighted by atomic mass is 10.2. The van der Waals surface area contributed by atoms with Gasteiger partial charge < -0.3 is 14.8 Å². The summed E-state index contributed by atoms with van der Waals surface area (Å²) in [7, 11) is 3.48. The lowest BCUT2D eigenvalue weighted by Crippen LogP contribution is -2.05. The third-order valence-electron chi connectivity index (χ3n) is 3.01. The summed E-state index contributed by atoms with van der Waals surface area (Å²) in [5, 5.41) is 3.03. The largest absolute Gasteiger partial charge is 0.497 e. The highest BCUT2D eigenvalue weighted by Gasteiger charge is 2.08. The molecule has 0 saturated carbocycles. The van der Waals surface area contributed by atoms with Gasteiger partial charge in [-0.05, 0) is 17.7 Å². The second-order valence-corrected chi connectivity index (χ2v) is 4.99. The van der Waals surface area contributed by atoms with Crippen molar-refractivity contribution in [2.75, 3.05) is 19.5 Å². The molecule has 5 nitrogen and oxygen atoms in total. The van der Waals surface area contributed by atoms with Gasteiger partial charge in [-0.15, -0.1) is 0 Å². The van der Waals surface area contributed by atoms with Gasteiger partial charge in [-0.2, -0.15) is 4.98 Å². The summed E-state index contributed by atoms with van der Waals surface area (Å²) in [6.07, 6.45) is 0. The molecule has 0 amide bonds. The fraction of sp³-hybridized carbons (Fsp3) is 0.375. The Morgan fingerprint density at radius 2 is 2.00 bits per heavy atom. The normalized spacial score (nSPS) is 10.5. The van der Waals surface area contributed by atoms with Crippen molar-refractivity contribution in [1.82, 2.24) is 9.97 Å². The Bertz CT molecular complexity index is 600. The molecule has 2 rings (SSSR count). The van der Waals surface area contributed by atoms with Gasteiger partial charge in [0.15, 0.2) is 0 Å². The summed E-state index contributed by atoms with van der Waals surface area (Å²) in [5.74, 6) is 3.16. The lowest BCUT2D eigenvalue weighted by molar-refractivity contribution is 0.291. The SMILES string of the molecule is CNc1cc(OCc2cccc(OC)c2)nc(C(C)C)n1. The van der Waals surface area contributed by atoms with Gasteiger partial charge in [-0.1, -0.05) is 26.0 Å². The third-order valence-corrected chi connectivity index (χ3v) is 3.01. The molecule has 5 heteroatoms. The van der Waals surface area contributed by atoms with Gasteiger partial charge in [0.05, 0.1) is 7.11 Å². The first-order chi connectivity index (χ1) is 10.1. The van der Waals surface area contributed by atoms with E-state index in [0.717, 1.165) is 23.0 Å². The van der Waals surface area contributed by atoms with Gasteiger partial charge in [0.2, 0.25) is 5.88 Å². The highest BCUT2D eigenvalue weighted by Crippen LogP contribution is 2.20. The minimum absolute atomic E-state index is 0.248. The van der Waals surface area contributed by atoms with Gasteiger partial charge >= 0.3 is 0 Å². The number of nitrogens with zero attached hydrogens (tertiary/aromatic N) is 2. The Morgan fingerprint density at radius 3 is 2.67 bits per heavy atom. The number of methoxy groups -OCH3 is 1. The Morgan fingerprint density at radius 1 is 1.19 bits per heavy atom. The van der Waals surface area contributed by atoms with Crippen LogP contribution in [0.25, 0.3) is 0 Å². The Kier molecular flexibility index (Phi) is 4.98. The summed E-state index contributed by atoms with van der Waals surface area (Å²) >= 11 is 0. The first-order valence-corrected chi connectivity index (χ1v) is 6.95. The highest BCUT2D eigenvalue weighted by atomic mass is 16.5. The first-order valence-electron chi connectivity index (χ1n) is 6.95. The van der Waals surface area contributed by atoms with Crippen molar-refractivity contribution in [3.8, 4) is 11.6 Å². The molecule has 0 saturated heterocycles. The molecule has 0 unspecified atom stereocenters. The maximum atomic E-state index is 5.78. The van der Waals surface area contributed by atoms with Crippen molar-refractivity contribution in [3.63, 3.8) is 0 Å². The van der Waals surface area contributed by atoms with Crippen LogP contribution in [0.1, 0.15) is 31.2 Å². The minimum atomic E-state index is 0.248. The summed E-state index contributed by atoms with van der Waals surface area (Å²) in [6, 6.07) is 9.59. The molecule has 0 aliphatic rings. The number of ether oxygens (including phenoxy) is 2. The second kappa shape index (κ2) is 6.92. The van der Waals surface area contributed by atoms with E-state index in [1.807, 2.05) is 31.3 Å². The zero-order valence-electron chi connectivity index (χ0n) is 12.9. The molecule has 0 atom stereocenters. The van der Waals surface area contributed by atoms with E-state index in [2.05, 4.69) is 29.1 Å². The monoisotopic (exact) mass is 287 g/mol. The molecule has 0 bridgehead atoms. The van der Waals surface area contributed by atoms with Gasteiger partial charge in [0.25, 0.3) is 0 Å². The zero-order valence-corrected chi connectivity index (χ0v) is 12.9. The molecule has 1 heterocycles. The average Bonchev–Trinajstić information content (AvgIpc) is 2.52. The molecule has 1 aromatic carbocycles. The van der Waals surface area contributed by atoms with Gasteiger partial charge in [0, 0.05) is 19.0 Å². The molecule has 0 radical (unpaired) electrons. The second-order valence-electron chi connectivity index (χ2n) is 4.99. The third kappa shape index (κ3) is 4.08. The van der Waals surface area contributed by atoms with Crippen molar-refractivity contribution in [1.29, 1.82) is 0 Å². The van der Waals surface area contributed by atoms with Gasteiger partial charge in [0.1, 0.15) is 24.0 Å². The smallest absolute Gasteiger partial charge is 0.219 e. The van der Waals surface area contributed by atoms with Crippen molar-refractivity contribution in [2.45, 2.75) is 26.4 Å². The maximum Gasteiger partial charge on any atom is 0.219 e. The van der Waals surface area contributed by atoms with Crippen LogP contribution in [-0.2, 0) is 6.61 Å². The first kappa shape index (κ1) is 15.1. The fourth-order valence-electron chi connectivity index (χ4n) is 1.82. The van der Waals surface area contributed by atoms with Crippen LogP contribution >= 0.6 is 0 Å². The number of benzene rings is 1. The number of anilines is 1. The molecule has 21 heavy (non-hydrogen) atoms. The van der Waals surface area contributed by atoms with Crippen LogP contribution in [0.3, 0.4) is 0 Å². The van der Waals surface area contributed by atoms with Crippen molar-refractivity contribution in [2.24, 2.45) is 0 Å². The Hall–Kier alpha value is -2.30. The number of nitrogens with one attached hydrogen (secondary N) is 1. The topological polar surface area (TPSA) is 56.3 Å². The van der Waals surface area contributed by atoms with Crippen LogP contribution in [0.4, 0.5) is 5.82 Å². The van der Waals surface area contributed by atoms with E-state index in [9.17, 15) is 0 Å². The fourth-order valence-corrected chi connectivity index (χ4v) is 1.82. The predicted octanol–water partition coefficient (Wildman–Crippen LogP) is 3.23.